The van der Waals surface area contributed by atoms with Crippen molar-refractivity contribution in [2.45, 2.75) is 39.5 Å². The van der Waals surface area contributed by atoms with E-state index in [0.29, 0.717) is 24.3 Å². The summed E-state index contributed by atoms with van der Waals surface area (Å²) >= 11 is 0. The highest BCUT2D eigenvalue weighted by Gasteiger charge is 2.06. The predicted molar refractivity (Wildman–Crippen MR) is 92.8 cm³/mol. The average molecular weight is 321 g/mol. The summed E-state index contributed by atoms with van der Waals surface area (Å²) in [6.45, 7) is 5.08. The Morgan fingerprint density at radius 2 is 1.91 bits per heavy atom. The van der Waals surface area contributed by atoms with Crippen molar-refractivity contribution in [3.63, 3.8) is 0 Å². The largest absolute Gasteiger partial charge is 0.385 e. The summed E-state index contributed by atoms with van der Waals surface area (Å²) in [4.78, 5) is 23.3. The molecular formula is C17H27N3O3. The van der Waals surface area contributed by atoms with E-state index in [4.69, 9.17) is 4.74 Å². The number of aryl methyl sites for hydroxylation is 1. The van der Waals surface area contributed by atoms with Crippen molar-refractivity contribution in [3.8, 4) is 0 Å². The number of ether oxygens (including phenoxy) is 1. The van der Waals surface area contributed by atoms with Gasteiger partial charge in [-0.05, 0) is 43.9 Å². The summed E-state index contributed by atoms with van der Waals surface area (Å²) in [6, 6.07) is 5.22. The summed E-state index contributed by atoms with van der Waals surface area (Å²) in [5.41, 5.74) is 2.31. The van der Waals surface area contributed by atoms with Crippen molar-refractivity contribution >= 4 is 23.3 Å². The molecule has 6 nitrogen and oxygen atoms in total. The van der Waals surface area contributed by atoms with E-state index >= 15 is 0 Å². The van der Waals surface area contributed by atoms with Gasteiger partial charge in [-0.1, -0.05) is 13.0 Å². The lowest BCUT2D eigenvalue weighted by Gasteiger charge is -2.12. The molecule has 0 spiro atoms. The van der Waals surface area contributed by atoms with E-state index in [-0.39, 0.29) is 11.9 Å². The van der Waals surface area contributed by atoms with Crippen LogP contribution >= 0.6 is 0 Å². The number of hydrogen-bond acceptors (Lipinski definition) is 3. The molecule has 0 aromatic heterocycles. The number of carbonyl (C=O) groups excluding carboxylic acids is 2. The predicted octanol–water partition coefficient (Wildman–Crippen LogP) is 3.28. The smallest absolute Gasteiger partial charge is 0.319 e. The molecule has 0 aliphatic rings. The first-order chi connectivity index (χ1) is 11.1. The molecule has 0 radical (unpaired) electrons. The maximum absolute atomic E-state index is 11.9. The molecule has 6 heteroatoms. The van der Waals surface area contributed by atoms with Gasteiger partial charge in [0.1, 0.15) is 0 Å². The van der Waals surface area contributed by atoms with Crippen LogP contribution < -0.4 is 16.0 Å². The molecule has 23 heavy (non-hydrogen) atoms. The average Bonchev–Trinajstić information content (AvgIpc) is 2.53. The van der Waals surface area contributed by atoms with Crippen LogP contribution in [0.5, 0.6) is 0 Å². The van der Waals surface area contributed by atoms with Gasteiger partial charge in [0.2, 0.25) is 5.91 Å². The highest BCUT2D eigenvalue weighted by molar-refractivity contribution is 5.94. The van der Waals surface area contributed by atoms with Crippen molar-refractivity contribution in [3.05, 3.63) is 23.8 Å². The molecule has 0 fully saturated rings. The van der Waals surface area contributed by atoms with Gasteiger partial charge < -0.3 is 20.7 Å². The zero-order chi connectivity index (χ0) is 17.1. The molecule has 0 bridgehead atoms. The fourth-order valence-electron chi connectivity index (χ4n) is 2.00. The second-order valence-electron chi connectivity index (χ2n) is 5.37. The highest BCUT2D eigenvalue weighted by Crippen LogP contribution is 2.20. The third-order valence-electron chi connectivity index (χ3n) is 3.40. The van der Waals surface area contributed by atoms with Gasteiger partial charge in [-0.3, -0.25) is 4.79 Å². The number of urea groups is 1. The summed E-state index contributed by atoms with van der Waals surface area (Å²) in [6.07, 6.45) is 3.35. The summed E-state index contributed by atoms with van der Waals surface area (Å²) in [7, 11) is 1.69. The van der Waals surface area contributed by atoms with E-state index < -0.39 is 0 Å². The molecular weight excluding hydrogens is 294 g/mol. The second kappa shape index (κ2) is 10.6. The van der Waals surface area contributed by atoms with Crippen molar-refractivity contribution in [2.75, 3.05) is 30.9 Å². The summed E-state index contributed by atoms with van der Waals surface area (Å²) in [5.74, 6) is -0.0553. The van der Waals surface area contributed by atoms with Crippen LogP contribution in [0.4, 0.5) is 16.2 Å². The SMILES string of the molecule is CCC(=O)Nc1ccc(C)c(NC(=O)NCCCCCOC)c1. The number of carbonyl (C=O) groups is 2. The zero-order valence-electron chi connectivity index (χ0n) is 14.2. The molecule has 1 aromatic rings. The standard InChI is InChI=1S/C17H27N3O3/c1-4-16(21)19-14-9-8-13(2)15(12-14)20-17(22)18-10-6-5-7-11-23-3/h8-9,12H,4-7,10-11H2,1-3H3,(H,19,21)(H2,18,20,22). The number of hydrogen-bond donors (Lipinski definition) is 3. The Hall–Kier alpha value is -2.08. The van der Waals surface area contributed by atoms with E-state index in [1.54, 1.807) is 20.1 Å². The highest BCUT2D eigenvalue weighted by atomic mass is 16.5. The van der Waals surface area contributed by atoms with Gasteiger partial charge in [-0.15, -0.1) is 0 Å². The minimum Gasteiger partial charge on any atom is -0.385 e. The number of methoxy groups -OCH3 is 1. The van der Waals surface area contributed by atoms with Gasteiger partial charge in [0, 0.05) is 38.1 Å². The monoisotopic (exact) mass is 321 g/mol. The van der Waals surface area contributed by atoms with Gasteiger partial charge in [-0.25, -0.2) is 4.79 Å². The number of anilines is 2. The first-order valence-corrected chi connectivity index (χ1v) is 8.01. The number of amides is 3. The maximum atomic E-state index is 11.9. The molecule has 128 valence electrons. The van der Waals surface area contributed by atoms with E-state index in [2.05, 4.69) is 16.0 Å². The molecule has 0 saturated heterocycles. The molecule has 1 aromatic carbocycles. The lowest BCUT2D eigenvalue weighted by atomic mass is 10.1. The number of unbranched alkanes of at least 4 members (excludes halogenated alkanes) is 2. The molecule has 0 aliphatic carbocycles. The molecule has 3 N–H and O–H groups in total. The first kappa shape index (κ1) is 19.0. The van der Waals surface area contributed by atoms with E-state index in [1.807, 2.05) is 19.1 Å². The topological polar surface area (TPSA) is 79.5 Å². The molecule has 0 aliphatic heterocycles. The summed E-state index contributed by atoms with van der Waals surface area (Å²) in [5, 5.41) is 8.43. The Morgan fingerprint density at radius 3 is 2.61 bits per heavy atom. The third kappa shape index (κ3) is 7.65. The molecule has 0 atom stereocenters. The van der Waals surface area contributed by atoms with Gasteiger partial charge in [0.05, 0.1) is 0 Å². The fraction of sp³-hybridized carbons (Fsp3) is 0.529. The van der Waals surface area contributed by atoms with Crippen molar-refractivity contribution in [2.24, 2.45) is 0 Å². The fourth-order valence-corrected chi connectivity index (χ4v) is 2.00. The Labute approximate surface area is 138 Å². The van der Waals surface area contributed by atoms with Gasteiger partial charge >= 0.3 is 6.03 Å². The van der Waals surface area contributed by atoms with Crippen LogP contribution in [0.25, 0.3) is 0 Å². The van der Waals surface area contributed by atoms with Gasteiger partial charge in [0.25, 0.3) is 0 Å². The van der Waals surface area contributed by atoms with E-state index in [0.717, 1.165) is 31.4 Å². The Morgan fingerprint density at radius 1 is 1.13 bits per heavy atom. The molecule has 3 amide bonds. The Bertz CT molecular complexity index is 518. The third-order valence-corrected chi connectivity index (χ3v) is 3.40. The van der Waals surface area contributed by atoms with Gasteiger partial charge in [-0.2, -0.15) is 0 Å². The van der Waals surface area contributed by atoms with Crippen LogP contribution in [-0.4, -0.2) is 32.2 Å². The number of nitrogens with one attached hydrogen (secondary N) is 3. The Balaban J connectivity index is 2.44. The van der Waals surface area contributed by atoms with Gasteiger partial charge in [0.15, 0.2) is 0 Å². The second-order valence-corrected chi connectivity index (χ2v) is 5.37. The van der Waals surface area contributed by atoms with Crippen molar-refractivity contribution in [1.82, 2.24) is 5.32 Å². The number of rotatable bonds is 9. The minimum absolute atomic E-state index is 0.0553. The molecule has 0 saturated carbocycles. The zero-order valence-corrected chi connectivity index (χ0v) is 14.2. The van der Waals surface area contributed by atoms with E-state index in [9.17, 15) is 9.59 Å². The van der Waals surface area contributed by atoms with Crippen molar-refractivity contribution in [1.29, 1.82) is 0 Å². The lowest BCUT2D eigenvalue weighted by Crippen LogP contribution is -2.29. The van der Waals surface area contributed by atoms with Crippen LogP contribution in [-0.2, 0) is 9.53 Å². The maximum Gasteiger partial charge on any atom is 0.319 e. The Kier molecular flexibility index (Phi) is 8.75. The quantitative estimate of drug-likeness (QED) is 0.611. The van der Waals surface area contributed by atoms with Crippen molar-refractivity contribution < 1.29 is 14.3 Å². The summed E-state index contributed by atoms with van der Waals surface area (Å²) < 4.78 is 4.98. The lowest BCUT2D eigenvalue weighted by molar-refractivity contribution is -0.115. The van der Waals surface area contributed by atoms with Crippen LogP contribution in [0.1, 0.15) is 38.2 Å². The molecule has 1 rings (SSSR count). The minimum atomic E-state index is -0.237. The molecule has 0 heterocycles. The van der Waals surface area contributed by atoms with E-state index in [1.165, 1.54) is 0 Å². The molecule has 0 unspecified atom stereocenters. The van der Waals surface area contributed by atoms with Crippen LogP contribution in [0.15, 0.2) is 18.2 Å². The van der Waals surface area contributed by atoms with Crippen LogP contribution in [0.3, 0.4) is 0 Å². The number of benzene rings is 1. The normalized spacial score (nSPS) is 10.2. The van der Waals surface area contributed by atoms with Crippen LogP contribution in [0, 0.1) is 6.92 Å². The van der Waals surface area contributed by atoms with Crippen LogP contribution in [0.2, 0.25) is 0 Å². The first-order valence-electron chi connectivity index (χ1n) is 8.01.